The van der Waals surface area contributed by atoms with Crippen LogP contribution >= 0.6 is 0 Å². The zero-order chi connectivity index (χ0) is 26.3. The van der Waals surface area contributed by atoms with Crippen molar-refractivity contribution in [1.82, 2.24) is 5.32 Å². The molecule has 36 heavy (non-hydrogen) atoms. The van der Waals surface area contributed by atoms with Gasteiger partial charge in [-0.3, -0.25) is 4.79 Å². The Balaban J connectivity index is 1.61. The van der Waals surface area contributed by atoms with E-state index < -0.39 is 0 Å². The molecule has 8 atom stereocenters. The number of nitriles is 1. The quantitative estimate of drug-likeness (QED) is 0.411. The van der Waals surface area contributed by atoms with E-state index in [1.807, 2.05) is 13.0 Å². The van der Waals surface area contributed by atoms with Crippen LogP contribution in [0, 0.1) is 56.7 Å². The maximum Gasteiger partial charge on any atom is 0.407 e. The molecule has 5 rings (SSSR count). The number of nitrogens with zero attached hydrogens (tertiary/aromatic N) is 1. The van der Waals surface area contributed by atoms with Gasteiger partial charge >= 0.3 is 6.09 Å². The SMILES string of the molecule is COC(=O)N[C@]12CCC(C)(C)CC1C1CC=C3[C@@]4(C)C=C(C#N)C(=O)[C@@H](C)[C@@H]4CC[C@@]3(C)[C@]1(C)CC2. The van der Waals surface area contributed by atoms with Crippen LogP contribution in [0.4, 0.5) is 4.79 Å². The van der Waals surface area contributed by atoms with E-state index >= 15 is 0 Å². The Morgan fingerprint density at radius 1 is 1.06 bits per heavy atom. The summed E-state index contributed by atoms with van der Waals surface area (Å²) in [6.45, 7) is 14.1. The molecule has 5 aliphatic rings. The summed E-state index contributed by atoms with van der Waals surface area (Å²) < 4.78 is 5.11. The predicted molar refractivity (Wildman–Crippen MR) is 140 cm³/mol. The molecular formula is C31H44N2O3. The fourth-order valence-corrected chi connectivity index (χ4v) is 9.97. The summed E-state index contributed by atoms with van der Waals surface area (Å²) in [4.78, 5) is 25.4. The number of ketones is 1. The van der Waals surface area contributed by atoms with Crippen molar-refractivity contribution in [3.05, 3.63) is 23.3 Å². The van der Waals surface area contributed by atoms with Crippen LogP contribution in [0.1, 0.15) is 92.9 Å². The molecular weight excluding hydrogens is 448 g/mol. The molecule has 1 N–H and O–H groups in total. The molecule has 3 saturated carbocycles. The van der Waals surface area contributed by atoms with Gasteiger partial charge in [0, 0.05) is 16.9 Å². The van der Waals surface area contributed by atoms with Crippen molar-refractivity contribution in [2.75, 3.05) is 7.11 Å². The van der Waals surface area contributed by atoms with Crippen LogP contribution in [0.2, 0.25) is 0 Å². The average Bonchev–Trinajstić information content (AvgIpc) is 2.82. The summed E-state index contributed by atoms with van der Waals surface area (Å²) in [5.41, 5.74) is 1.69. The first kappa shape index (κ1) is 25.6. The number of rotatable bonds is 1. The van der Waals surface area contributed by atoms with Gasteiger partial charge in [0.1, 0.15) is 6.07 Å². The molecule has 0 aromatic rings. The number of fused-ring (bicyclic) bond motifs is 7. The first-order valence-electron chi connectivity index (χ1n) is 14.0. The van der Waals surface area contributed by atoms with Gasteiger partial charge in [0.05, 0.1) is 12.7 Å². The van der Waals surface area contributed by atoms with E-state index in [1.165, 1.54) is 12.7 Å². The molecule has 2 unspecified atom stereocenters. The Morgan fingerprint density at radius 3 is 2.42 bits per heavy atom. The minimum Gasteiger partial charge on any atom is -0.453 e. The average molecular weight is 493 g/mol. The number of allylic oxidation sites excluding steroid dienone is 4. The Hall–Kier alpha value is -2.09. The van der Waals surface area contributed by atoms with Crippen LogP contribution in [-0.4, -0.2) is 24.5 Å². The maximum absolute atomic E-state index is 12.9. The van der Waals surface area contributed by atoms with Crippen molar-refractivity contribution in [3.63, 3.8) is 0 Å². The molecule has 5 heteroatoms. The highest BCUT2D eigenvalue weighted by Crippen LogP contribution is 2.73. The van der Waals surface area contributed by atoms with Gasteiger partial charge in [-0.2, -0.15) is 5.26 Å². The lowest BCUT2D eigenvalue weighted by Gasteiger charge is -2.69. The third kappa shape index (κ3) is 3.25. The van der Waals surface area contributed by atoms with Crippen LogP contribution in [0.3, 0.4) is 0 Å². The molecule has 0 aliphatic heterocycles. The number of ether oxygens (including phenoxy) is 1. The van der Waals surface area contributed by atoms with E-state index in [9.17, 15) is 14.9 Å². The third-order valence-electron chi connectivity index (χ3n) is 12.2. The molecule has 0 spiro atoms. The van der Waals surface area contributed by atoms with Crippen LogP contribution in [0.5, 0.6) is 0 Å². The lowest BCUT2D eigenvalue weighted by atomic mass is 9.36. The van der Waals surface area contributed by atoms with Crippen LogP contribution in [0.25, 0.3) is 0 Å². The number of nitrogens with one attached hydrogen (secondary N) is 1. The van der Waals surface area contributed by atoms with Crippen molar-refractivity contribution in [3.8, 4) is 6.07 Å². The van der Waals surface area contributed by atoms with Gasteiger partial charge in [0.25, 0.3) is 0 Å². The predicted octanol–water partition coefficient (Wildman–Crippen LogP) is 6.75. The van der Waals surface area contributed by atoms with E-state index in [2.05, 4.69) is 52.1 Å². The fraction of sp³-hybridized carbons (Fsp3) is 0.774. The van der Waals surface area contributed by atoms with Gasteiger partial charge in [0.15, 0.2) is 5.78 Å². The smallest absolute Gasteiger partial charge is 0.407 e. The van der Waals surface area contributed by atoms with E-state index in [0.717, 1.165) is 51.4 Å². The molecule has 3 fully saturated rings. The molecule has 0 bridgehead atoms. The van der Waals surface area contributed by atoms with Crippen LogP contribution in [-0.2, 0) is 9.53 Å². The topological polar surface area (TPSA) is 79.2 Å². The Bertz CT molecular complexity index is 1100. The first-order chi connectivity index (χ1) is 16.8. The lowest BCUT2D eigenvalue weighted by Crippen LogP contribution is -2.67. The van der Waals surface area contributed by atoms with Gasteiger partial charge in [-0.05, 0) is 85.4 Å². The minimum absolute atomic E-state index is 0.00262. The number of carbonyl (C=O) groups excluding carboxylic acids is 2. The van der Waals surface area contributed by atoms with Crippen LogP contribution < -0.4 is 5.32 Å². The highest BCUT2D eigenvalue weighted by Gasteiger charge is 2.67. The Labute approximate surface area is 217 Å². The molecule has 196 valence electrons. The van der Waals surface area contributed by atoms with Crippen molar-refractivity contribution in [1.29, 1.82) is 5.26 Å². The van der Waals surface area contributed by atoms with Gasteiger partial charge in [-0.15, -0.1) is 0 Å². The van der Waals surface area contributed by atoms with E-state index in [0.29, 0.717) is 17.4 Å². The number of alkyl carbamates (subject to hydrolysis) is 1. The summed E-state index contributed by atoms with van der Waals surface area (Å²) in [6.07, 6.45) is 12.6. The van der Waals surface area contributed by atoms with Crippen LogP contribution in [0.15, 0.2) is 23.3 Å². The van der Waals surface area contributed by atoms with Gasteiger partial charge < -0.3 is 10.1 Å². The molecule has 1 amide bonds. The normalized spacial score (nSPS) is 47.0. The molecule has 0 radical (unpaired) electrons. The van der Waals surface area contributed by atoms with Crippen molar-refractivity contribution in [2.45, 2.75) is 98.4 Å². The number of hydrogen-bond donors (Lipinski definition) is 1. The summed E-state index contributed by atoms with van der Waals surface area (Å²) in [5, 5.41) is 13.1. The largest absolute Gasteiger partial charge is 0.453 e. The number of hydrogen-bond acceptors (Lipinski definition) is 4. The zero-order valence-electron chi connectivity index (χ0n) is 23.3. The van der Waals surface area contributed by atoms with Gasteiger partial charge in [0.2, 0.25) is 0 Å². The standard InChI is InChI=1S/C31H44N2O3/c1-19-21-10-11-30(6)24(28(21,4)16-20(18-32)25(19)34)9-8-22-23-17-27(2,3)12-14-31(23,33-26(35)36-7)15-13-29(22,30)5/h9,16,19,21-23H,8,10-15,17H2,1-7H3,(H,33,35)/t19-,21-,22?,23?,28-,29+,30+,31-/m0/s1. The molecule has 5 aliphatic carbocycles. The summed E-state index contributed by atoms with van der Waals surface area (Å²) in [7, 11) is 1.47. The monoisotopic (exact) mass is 492 g/mol. The molecule has 0 aromatic carbocycles. The van der Waals surface area contributed by atoms with E-state index in [1.54, 1.807) is 0 Å². The highest BCUT2D eigenvalue weighted by molar-refractivity contribution is 6.02. The second-order valence-corrected chi connectivity index (χ2v) is 14.2. The Kier molecular flexibility index (Phi) is 5.65. The lowest BCUT2D eigenvalue weighted by molar-refractivity contribution is -0.139. The number of amides is 1. The fourth-order valence-electron chi connectivity index (χ4n) is 9.97. The van der Waals surface area contributed by atoms with E-state index in [-0.39, 0.29) is 50.9 Å². The Morgan fingerprint density at radius 2 is 1.75 bits per heavy atom. The molecule has 5 nitrogen and oxygen atoms in total. The summed E-state index contributed by atoms with van der Waals surface area (Å²) >= 11 is 0. The summed E-state index contributed by atoms with van der Waals surface area (Å²) in [6, 6.07) is 2.22. The third-order valence-corrected chi connectivity index (χ3v) is 12.2. The second-order valence-electron chi connectivity index (χ2n) is 14.2. The van der Waals surface area contributed by atoms with Gasteiger partial charge in [-0.25, -0.2) is 4.79 Å². The van der Waals surface area contributed by atoms with E-state index in [4.69, 9.17) is 4.74 Å². The van der Waals surface area contributed by atoms with Crippen molar-refractivity contribution >= 4 is 11.9 Å². The molecule has 0 aromatic heterocycles. The summed E-state index contributed by atoms with van der Waals surface area (Å²) in [5.74, 6) is 1.02. The zero-order valence-corrected chi connectivity index (χ0v) is 23.3. The molecule has 0 saturated heterocycles. The van der Waals surface area contributed by atoms with Gasteiger partial charge in [-0.1, -0.05) is 59.3 Å². The minimum atomic E-state index is -0.301. The number of carbonyl (C=O) groups is 2. The highest BCUT2D eigenvalue weighted by atomic mass is 16.5. The number of methoxy groups -OCH3 is 1. The van der Waals surface area contributed by atoms with Crippen molar-refractivity contribution in [2.24, 2.45) is 45.3 Å². The molecule has 0 heterocycles. The number of Topliss-reactive ketones (excluding diaryl/α,β-unsaturated/α-hetero) is 1. The van der Waals surface area contributed by atoms with Crippen molar-refractivity contribution < 1.29 is 14.3 Å². The first-order valence-corrected chi connectivity index (χ1v) is 14.0. The maximum atomic E-state index is 12.9. The second kappa shape index (κ2) is 7.95.